The lowest BCUT2D eigenvalue weighted by atomic mass is 10.2. The van der Waals surface area contributed by atoms with Crippen molar-refractivity contribution < 1.29 is 4.92 Å². The van der Waals surface area contributed by atoms with Crippen LogP contribution in [0.2, 0.25) is 0 Å². The van der Waals surface area contributed by atoms with E-state index in [1.807, 2.05) is 30.3 Å². The van der Waals surface area contributed by atoms with Gasteiger partial charge in [0.1, 0.15) is 0 Å². The Morgan fingerprint density at radius 3 is 2.26 bits per heavy atom. The number of hydrogen-bond acceptors (Lipinski definition) is 3. The molecule has 0 heterocycles. The Hall–Kier alpha value is -1.33. The lowest BCUT2D eigenvalue weighted by molar-refractivity contribution is -0.385. The lowest BCUT2D eigenvalue weighted by Gasteiger charge is -2.05. The Kier molecular flexibility index (Phi) is 4.99. The molecule has 0 bridgehead atoms. The Morgan fingerprint density at radius 1 is 1.00 bits per heavy atom. The number of nitrogens with zero attached hydrogens (tertiary/aromatic N) is 1. The van der Waals surface area contributed by atoms with Crippen LogP contribution in [-0.2, 0) is 11.5 Å². The molecule has 0 radical (unpaired) electrons. The number of nitro benzene ring substituents is 1. The summed E-state index contributed by atoms with van der Waals surface area (Å²) in [4.78, 5) is 10.6. The number of halogens is 1. The first kappa shape index (κ1) is 14.1. The average molecular weight is 338 g/mol. The molecule has 0 saturated carbocycles. The molecule has 19 heavy (non-hydrogen) atoms. The van der Waals surface area contributed by atoms with Gasteiger partial charge in [0.15, 0.2) is 0 Å². The molecule has 2 aromatic rings. The number of thioether (sulfide) groups is 1. The highest BCUT2D eigenvalue weighted by Crippen LogP contribution is 2.27. The largest absolute Gasteiger partial charge is 0.273 e. The fourth-order valence-electron chi connectivity index (χ4n) is 1.70. The minimum atomic E-state index is -0.325. The van der Waals surface area contributed by atoms with E-state index in [0.717, 1.165) is 15.8 Å². The van der Waals surface area contributed by atoms with Crippen LogP contribution in [0.4, 0.5) is 5.69 Å². The molecule has 0 unspecified atom stereocenters. The van der Waals surface area contributed by atoms with Crippen LogP contribution in [0.1, 0.15) is 11.1 Å². The Morgan fingerprint density at radius 2 is 1.58 bits per heavy atom. The van der Waals surface area contributed by atoms with E-state index < -0.39 is 0 Å². The van der Waals surface area contributed by atoms with Crippen molar-refractivity contribution in [1.82, 2.24) is 0 Å². The summed E-state index contributed by atoms with van der Waals surface area (Å²) in [6.45, 7) is 0. The van der Waals surface area contributed by atoms with Gasteiger partial charge in [-0.1, -0.05) is 52.3 Å². The molecule has 0 fully saturated rings. The van der Waals surface area contributed by atoms with Crippen molar-refractivity contribution in [2.24, 2.45) is 0 Å². The molecule has 98 valence electrons. The van der Waals surface area contributed by atoms with Crippen molar-refractivity contribution >= 4 is 33.4 Å². The van der Waals surface area contributed by atoms with Crippen LogP contribution in [-0.4, -0.2) is 4.92 Å². The number of para-hydroxylation sites is 1. The maximum absolute atomic E-state index is 10.9. The molecule has 0 aliphatic carbocycles. The molecule has 0 aromatic heterocycles. The molecule has 0 aliphatic heterocycles. The summed E-state index contributed by atoms with van der Waals surface area (Å²) in [5.74, 6) is 1.46. The van der Waals surface area contributed by atoms with Gasteiger partial charge in [0.2, 0.25) is 0 Å². The number of hydrogen-bond donors (Lipinski definition) is 0. The zero-order valence-electron chi connectivity index (χ0n) is 10.1. The first-order valence-corrected chi connectivity index (χ1v) is 7.66. The van der Waals surface area contributed by atoms with E-state index in [9.17, 15) is 10.1 Å². The summed E-state index contributed by atoms with van der Waals surface area (Å²) in [7, 11) is 0. The molecule has 3 nitrogen and oxygen atoms in total. The first-order valence-electron chi connectivity index (χ1n) is 5.72. The van der Waals surface area contributed by atoms with E-state index in [2.05, 4.69) is 22.0 Å². The third-order valence-corrected chi connectivity index (χ3v) is 4.47. The van der Waals surface area contributed by atoms with E-state index in [1.165, 1.54) is 5.56 Å². The zero-order valence-corrected chi connectivity index (χ0v) is 12.5. The maximum Gasteiger partial charge on any atom is 0.273 e. The third-order valence-electron chi connectivity index (χ3n) is 2.66. The second-order valence-corrected chi connectivity index (χ2v) is 5.81. The summed E-state index contributed by atoms with van der Waals surface area (Å²) in [6.07, 6.45) is 0. The van der Waals surface area contributed by atoms with Gasteiger partial charge >= 0.3 is 0 Å². The Balaban J connectivity index is 2.00. The monoisotopic (exact) mass is 337 g/mol. The van der Waals surface area contributed by atoms with Gasteiger partial charge in [-0.25, -0.2) is 0 Å². The normalized spacial score (nSPS) is 10.4. The van der Waals surface area contributed by atoms with Gasteiger partial charge in [0.05, 0.1) is 4.92 Å². The highest BCUT2D eigenvalue weighted by Gasteiger charge is 2.11. The molecule has 0 N–H and O–H groups in total. The molecule has 0 atom stereocenters. The van der Waals surface area contributed by atoms with Gasteiger partial charge in [-0.05, 0) is 11.6 Å². The molecule has 0 aliphatic rings. The smallest absolute Gasteiger partial charge is 0.258 e. The van der Waals surface area contributed by atoms with Crippen molar-refractivity contribution in [1.29, 1.82) is 0 Å². The van der Waals surface area contributed by atoms with E-state index in [-0.39, 0.29) is 10.6 Å². The molecular formula is C14H12BrNO2S. The fourth-order valence-corrected chi connectivity index (χ4v) is 3.35. The topological polar surface area (TPSA) is 43.1 Å². The van der Waals surface area contributed by atoms with Gasteiger partial charge in [-0.2, -0.15) is 11.8 Å². The lowest BCUT2D eigenvalue weighted by Crippen LogP contribution is -1.94. The van der Waals surface area contributed by atoms with E-state index in [0.29, 0.717) is 5.75 Å². The van der Waals surface area contributed by atoms with Crippen LogP contribution in [0.25, 0.3) is 0 Å². The standard InChI is InChI=1S/C14H12BrNO2S/c15-13-7-3-1-5-11(13)9-19-10-12-6-2-4-8-14(12)16(17)18/h1-8H,9-10H2. The van der Waals surface area contributed by atoms with Gasteiger partial charge in [-0.3, -0.25) is 10.1 Å². The first-order chi connectivity index (χ1) is 9.18. The van der Waals surface area contributed by atoms with Crippen LogP contribution >= 0.6 is 27.7 Å². The van der Waals surface area contributed by atoms with Crippen molar-refractivity contribution in [3.8, 4) is 0 Å². The molecule has 0 amide bonds. The predicted octanol–water partition coefficient (Wildman–Crippen LogP) is 4.79. The predicted molar refractivity (Wildman–Crippen MR) is 82.2 cm³/mol. The Bertz CT molecular complexity index is 589. The average Bonchev–Trinajstić information content (AvgIpc) is 2.41. The maximum atomic E-state index is 10.9. The summed E-state index contributed by atoms with van der Waals surface area (Å²) < 4.78 is 1.07. The fraction of sp³-hybridized carbons (Fsp3) is 0.143. The van der Waals surface area contributed by atoms with Gasteiger partial charge in [0.25, 0.3) is 5.69 Å². The van der Waals surface area contributed by atoms with E-state index in [4.69, 9.17) is 0 Å². The van der Waals surface area contributed by atoms with Gasteiger partial charge in [0, 0.05) is 27.6 Å². The summed E-state index contributed by atoms with van der Waals surface area (Å²) in [5.41, 5.74) is 2.16. The van der Waals surface area contributed by atoms with E-state index in [1.54, 1.807) is 23.9 Å². The van der Waals surface area contributed by atoms with Crippen molar-refractivity contribution in [3.63, 3.8) is 0 Å². The van der Waals surface area contributed by atoms with Crippen molar-refractivity contribution in [3.05, 3.63) is 74.2 Å². The summed E-state index contributed by atoms with van der Waals surface area (Å²) in [5, 5.41) is 10.9. The second-order valence-electron chi connectivity index (χ2n) is 3.97. The highest BCUT2D eigenvalue weighted by atomic mass is 79.9. The molecular weight excluding hydrogens is 326 g/mol. The van der Waals surface area contributed by atoms with Crippen LogP contribution in [0, 0.1) is 10.1 Å². The molecule has 2 aromatic carbocycles. The molecule has 2 rings (SSSR count). The van der Waals surface area contributed by atoms with E-state index >= 15 is 0 Å². The Labute approximate surface area is 124 Å². The van der Waals surface area contributed by atoms with Crippen LogP contribution in [0.15, 0.2) is 53.0 Å². The van der Waals surface area contributed by atoms with Crippen LogP contribution in [0.5, 0.6) is 0 Å². The number of benzene rings is 2. The zero-order chi connectivity index (χ0) is 13.7. The highest BCUT2D eigenvalue weighted by molar-refractivity contribution is 9.10. The van der Waals surface area contributed by atoms with Crippen LogP contribution in [0.3, 0.4) is 0 Å². The second kappa shape index (κ2) is 6.73. The number of nitro groups is 1. The van der Waals surface area contributed by atoms with Crippen molar-refractivity contribution in [2.75, 3.05) is 0 Å². The number of rotatable bonds is 5. The minimum absolute atomic E-state index is 0.196. The van der Waals surface area contributed by atoms with Gasteiger partial charge in [-0.15, -0.1) is 0 Å². The summed E-state index contributed by atoms with van der Waals surface area (Å²) >= 11 is 5.17. The minimum Gasteiger partial charge on any atom is -0.258 e. The molecule has 0 saturated heterocycles. The molecule has 5 heteroatoms. The molecule has 0 spiro atoms. The quantitative estimate of drug-likeness (QED) is 0.581. The summed E-state index contributed by atoms with van der Waals surface area (Å²) in [6, 6.07) is 14.9. The SMILES string of the molecule is O=[N+]([O-])c1ccccc1CSCc1ccccc1Br. The van der Waals surface area contributed by atoms with Crippen molar-refractivity contribution in [2.45, 2.75) is 11.5 Å². The third kappa shape index (κ3) is 3.81. The van der Waals surface area contributed by atoms with Gasteiger partial charge < -0.3 is 0 Å². The van der Waals surface area contributed by atoms with Crippen LogP contribution < -0.4 is 0 Å².